The fraction of sp³-hybridized carbons (Fsp3) is 0.900. The van der Waals surface area contributed by atoms with E-state index in [1.165, 1.54) is 0 Å². The van der Waals surface area contributed by atoms with Crippen LogP contribution >= 0.6 is 0 Å². The van der Waals surface area contributed by atoms with E-state index in [1.54, 1.807) is 0 Å². The summed E-state index contributed by atoms with van der Waals surface area (Å²) in [5.74, 6) is 0. The van der Waals surface area contributed by atoms with Gasteiger partial charge < -0.3 is 5.32 Å². The monoisotopic (exact) mass is 173 g/mol. The van der Waals surface area contributed by atoms with Crippen molar-refractivity contribution in [3.8, 4) is 0 Å². The smallest absolute Gasteiger partial charge is 0.207 e. The molecular weight excluding hydrogens is 150 g/mol. The van der Waals surface area contributed by atoms with E-state index in [9.17, 15) is 4.79 Å². The molecular formula is C10H23NO. The van der Waals surface area contributed by atoms with Crippen LogP contribution in [0, 0.1) is 5.41 Å². The Balaban J connectivity index is 0. The number of carbonyl (C=O) groups is 1. The maximum Gasteiger partial charge on any atom is 0.207 e. The first-order valence-electron chi connectivity index (χ1n) is 4.74. The zero-order valence-electron chi connectivity index (χ0n) is 9.27. The van der Waals surface area contributed by atoms with Crippen LogP contribution in [0.3, 0.4) is 0 Å². The second-order valence-electron chi connectivity index (χ2n) is 3.35. The average Bonchev–Trinajstić information content (AvgIpc) is 2.08. The van der Waals surface area contributed by atoms with Gasteiger partial charge in [-0.05, 0) is 18.8 Å². The normalized spacial score (nSPS) is 12.5. The number of hydrogen-bond acceptors (Lipinski definition) is 1. The van der Waals surface area contributed by atoms with Crippen molar-refractivity contribution in [2.75, 3.05) is 0 Å². The van der Waals surface area contributed by atoms with E-state index in [0.717, 1.165) is 12.8 Å². The molecule has 1 unspecified atom stereocenters. The predicted octanol–water partition coefficient (Wildman–Crippen LogP) is 2.58. The number of nitrogens with one attached hydrogen (secondary N) is 1. The van der Waals surface area contributed by atoms with Gasteiger partial charge >= 0.3 is 0 Å². The number of carbonyl (C=O) groups excluding carboxylic acids is 1. The maximum absolute atomic E-state index is 10.1. The standard InChI is InChI=1S/C8H17NO.C2H6/c1-5-8(3,4)7(2)9-6-10;1-2/h6-7H,5H2,1-4H3,(H,9,10);1-2H3. The fourth-order valence-corrected chi connectivity index (χ4v) is 0.634. The maximum atomic E-state index is 10.1. The van der Waals surface area contributed by atoms with E-state index in [2.05, 4.69) is 26.1 Å². The van der Waals surface area contributed by atoms with Crippen molar-refractivity contribution in [3.05, 3.63) is 0 Å². The first-order valence-corrected chi connectivity index (χ1v) is 4.74. The summed E-state index contributed by atoms with van der Waals surface area (Å²) in [6.07, 6.45) is 1.84. The third-order valence-corrected chi connectivity index (χ3v) is 2.40. The zero-order valence-corrected chi connectivity index (χ0v) is 9.27. The lowest BCUT2D eigenvalue weighted by molar-refractivity contribution is -0.110. The fourth-order valence-electron chi connectivity index (χ4n) is 0.634. The second kappa shape index (κ2) is 7.14. The predicted molar refractivity (Wildman–Crippen MR) is 54.1 cm³/mol. The molecule has 0 saturated carbocycles. The van der Waals surface area contributed by atoms with Gasteiger partial charge in [-0.15, -0.1) is 0 Å². The van der Waals surface area contributed by atoms with Gasteiger partial charge in [0.2, 0.25) is 6.41 Å². The van der Waals surface area contributed by atoms with Gasteiger partial charge in [0, 0.05) is 6.04 Å². The van der Waals surface area contributed by atoms with Gasteiger partial charge in [-0.3, -0.25) is 4.79 Å². The summed E-state index contributed by atoms with van der Waals surface area (Å²) in [6.45, 7) is 12.4. The van der Waals surface area contributed by atoms with Gasteiger partial charge in [-0.25, -0.2) is 0 Å². The zero-order chi connectivity index (χ0) is 10.2. The quantitative estimate of drug-likeness (QED) is 0.650. The molecule has 0 aromatic heterocycles. The molecule has 0 heterocycles. The minimum Gasteiger partial charge on any atom is -0.356 e. The van der Waals surface area contributed by atoms with Gasteiger partial charge in [-0.2, -0.15) is 0 Å². The molecule has 0 aliphatic rings. The van der Waals surface area contributed by atoms with E-state index in [0.29, 0.717) is 0 Å². The Kier molecular flexibility index (Phi) is 8.34. The summed E-state index contributed by atoms with van der Waals surface area (Å²) in [6, 6.07) is 0.259. The Bertz CT molecular complexity index is 110. The summed E-state index contributed by atoms with van der Waals surface area (Å²) in [4.78, 5) is 10.1. The summed E-state index contributed by atoms with van der Waals surface area (Å²) in [5.41, 5.74) is 0.209. The molecule has 0 rings (SSSR count). The van der Waals surface area contributed by atoms with Crippen LogP contribution in [0.2, 0.25) is 0 Å². The first-order chi connectivity index (χ1) is 5.54. The summed E-state index contributed by atoms with van der Waals surface area (Å²) in [5, 5.41) is 2.76. The van der Waals surface area contributed by atoms with Crippen LogP contribution in [0.4, 0.5) is 0 Å². The molecule has 0 aliphatic heterocycles. The molecule has 1 amide bonds. The molecule has 0 fully saturated rings. The van der Waals surface area contributed by atoms with Crippen LogP contribution in [0.25, 0.3) is 0 Å². The van der Waals surface area contributed by atoms with Gasteiger partial charge in [0.25, 0.3) is 0 Å². The van der Waals surface area contributed by atoms with E-state index in [-0.39, 0.29) is 11.5 Å². The van der Waals surface area contributed by atoms with Crippen LogP contribution < -0.4 is 5.32 Å². The molecule has 0 saturated heterocycles. The van der Waals surface area contributed by atoms with Gasteiger partial charge in [0.15, 0.2) is 0 Å². The molecule has 2 nitrogen and oxygen atoms in total. The molecule has 2 heteroatoms. The molecule has 12 heavy (non-hydrogen) atoms. The topological polar surface area (TPSA) is 29.1 Å². The lowest BCUT2D eigenvalue weighted by Gasteiger charge is -2.29. The largest absolute Gasteiger partial charge is 0.356 e. The second-order valence-corrected chi connectivity index (χ2v) is 3.35. The summed E-state index contributed by atoms with van der Waals surface area (Å²) < 4.78 is 0. The van der Waals surface area contributed by atoms with Gasteiger partial charge in [0.05, 0.1) is 0 Å². The Labute approximate surface area is 76.7 Å². The van der Waals surface area contributed by atoms with E-state index in [4.69, 9.17) is 0 Å². The summed E-state index contributed by atoms with van der Waals surface area (Å²) >= 11 is 0. The molecule has 0 aromatic rings. The molecule has 74 valence electrons. The first kappa shape index (κ1) is 14.0. The van der Waals surface area contributed by atoms with Crippen LogP contribution in [0.15, 0.2) is 0 Å². The van der Waals surface area contributed by atoms with Gasteiger partial charge in [0.1, 0.15) is 0 Å². The molecule has 0 bridgehead atoms. The Morgan fingerprint density at radius 2 is 1.83 bits per heavy atom. The van der Waals surface area contributed by atoms with Crippen molar-refractivity contribution in [1.29, 1.82) is 0 Å². The van der Waals surface area contributed by atoms with Crippen molar-refractivity contribution >= 4 is 6.41 Å². The number of amides is 1. The van der Waals surface area contributed by atoms with Gasteiger partial charge in [-0.1, -0.05) is 34.6 Å². The average molecular weight is 173 g/mol. The van der Waals surface area contributed by atoms with E-state index in [1.807, 2.05) is 20.8 Å². The highest BCUT2D eigenvalue weighted by Crippen LogP contribution is 2.23. The highest BCUT2D eigenvalue weighted by molar-refractivity contribution is 5.46. The lowest BCUT2D eigenvalue weighted by Crippen LogP contribution is -2.38. The van der Waals surface area contributed by atoms with Crippen molar-refractivity contribution < 1.29 is 4.79 Å². The highest BCUT2D eigenvalue weighted by Gasteiger charge is 2.22. The number of hydrogen-bond donors (Lipinski definition) is 1. The van der Waals surface area contributed by atoms with Crippen LogP contribution in [-0.2, 0) is 4.79 Å². The molecule has 1 N–H and O–H groups in total. The summed E-state index contributed by atoms with van der Waals surface area (Å²) in [7, 11) is 0. The van der Waals surface area contributed by atoms with Crippen molar-refractivity contribution in [3.63, 3.8) is 0 Å². The van der Waals surface area contributed by atoms with Crippen molar-refractivity contribution in [2.24, 2.45) is 5.41 Å². The Hall–Kier alpha value is -0.530. The third kappa shape index (κ3) is 5.16. The lowest BCUT2D eigenvalue weighted by atomic mass is 9.83. The van der Waals surface area contributed by atoms with E-state index >= 15 is 0 Å². The minimum absolute atomic E-state index is 0.209. The SMILES string of the molecule is CC.CCC(C)(C)C(C)NC=O. The third-order valence-electron chi connectivity index (χ3n) is 2.40. The van der Waals surface area contributed by atoms with Crippen LogP contribution in [0.5, 0.6) is 0 Å². The molecule has 0 aromatic carbocycles. The Morgan fingerprint density at radius 1 is 1.42 bits per heavy atom. The molecule has 0 spiro atoms. The van der Waals surface area contributed by atoms with E-state index < -0.39 is 0 Å². The Morgan fingerprint density at radius 3 is 2.08 bits per heavy atom. The molecule has 0 radical (unpaired) electrons. The van der Waals surface area contributed by atoms with Crippen LogP contribution in [0.1, 0.15) is 48.0 Å². The minimum atomic E-state index is 0.209. The molecule has 0 aliphatic carbocycles. The van der Waals surface area contributed by atoms with Crippen molar-refractivity contribution in [2.45, 2.75) is 54.0 Å². The number of rotatable bonds is 4. The van der Waals surface area contributed by atoms with Crippen molar-refractivity contribution in [1.82, 2.24) is 5.32 Å². The highest BCUT2D eigenvalue weighted by atomic mass is 16.1. The van der Waals surface area contributed by atoms with Crippen LogP contribution in [-0.4, -0.2) is 12.5 Å². The molecule has 1 atom stereocenters.